The number of thiophene rings is 1. The van der Waals surface area contributed by atoms with Crippen LogP contribution in [0.15, 0.2) is 64.6 Å². The highest BCUT2D eigenvalue weighted by molar-refractivity contribution is 7.16. The summed E-state index contributed by atoms with van der Waals surface area (Å²) < 4.78 is 5.06. The van der Waals surface area contributed by atoms with Crippen LogP contribution in [0.3, 0.4) is 0 Å². The molecule has 4 rings (SSSR count). The van der Waals surface area contributed by atoms with Crippen LogP contribution in [0.25, 0.3) is 10.6 Å². The first kappa shape index (κ1) is 19.1. The lowest BCUT2D eigenvalue weighted by Crippen LogP contribution is -2.22. The van der Waals surface area contributed by atoms with Crippen molar-refractivity contribution in [3.63, 3.8) is 0 Å². The molecule has 0 atom stereocenters. The maximum Gasteiger partial charge on any atom is 0.291 e. The Balaban J connectivity index is 1.33. The molecule has 0 aliphatic rings. The molecule has 6 nitrogen and oxygen atoms in total. The molecular formula is C21H17N3O3S2. The van der Waals surface area contributed by atoms with Crippen LogP contribution in [-0.2, 0) is 6.54 Å². The number of amides is 2. The van der Waals surface area contributed by atoms with Crippen molar-refractivity contribution < 1.29 is 14.0 Å². The van der Waals surface area contributed by atoms with Crippen molar-refractivity contribution >= 4 is 40.2 Å². The second-order valence-corrected chi connectivity index (χ2v) is 8.44. The minimum atomic E-state index is -0.337. The summed E-state index contributed by atoms with van der Waals surface area (Å²) in [5.74, 6) is -0.278. The number of nitrogens with one attached hydrogen (secondary N) is 2. The molecule has 0 spiro atoms. The summed E-state index contributed by atoms with van der Waals surface area (Å²) >= 11 is 3.24. The second-order valence-electron chi connectivity index (χ2n) is 6.21. The Morgan fingerprint density at radius 1 is 1.07 bits per heavy atom. The first-order valence-corrected chi connectivity index (χ1v) is 10.5. The van der Waals surface area contributed by atoms with E-state index in [0.29, 0.717) is 17.8 Å². The molecule has 4 aromatic rings. The second kappa shape index (κ2) is 8.42. The Morgan fingerprint density at radius 3 is 2.59 bits per heavy atom. The fourth-order valence-corrected chi connectivity index (χ4v) is 4.26. The highest BCUT2D eigenvalue weighted by Gasteiger charge is 2.11. The Bertz CT molecular complexity index is 1130. The van der Waals surface area contributed by atoms with Crippen LogP contribution in [0.2, 0.25) is 0 Å². The van der Waals surface area contributed by atoms with Crippen molar-refractivity contribution in [1.29, 1.82) is 0 Å². The van der Waals surface area contributed by atoms with Crippen LogP contribution in [0.1, 0.15) is 30.8 Å². The van der Waals surface area contributed by atoms with Gasteiger partial charge in [-0.15, -0.1) is 22.7 Å². The number of carbonyl (C=O) groups excluding carboxylic acids is 2. The van der Waals surface area contributed by atoms with Crippen molar-refractivity contribution in [3.05, 3.63) is 81.4 Å². The van der Waals surface area contributed by atoms with Crippen LogP contribution in [0.5, 0.6) is 0 Å². The van der Waals surface area contributed by atoms with Crippen molar-refractivity contribution in [2.24, 2.45) is 0 Å². The molecule has 0 bridgehead atoms. The molecule has 2 amide bonds. The van der Waals surface area contributed by atoms with E-state index in [1.54, 1.807) is 59.1 Å². The number of aryl methyl sites for hydroxylation is 1. The SMILES string of the molecule is Cc1nc(-c2ccc(CNC(=O)c3ccc(NC(=O)c4ccco4)cc3)s2)cs1. The molecule has 0 fully saturated rings. The van der Waals surface area contributed by atoms with Gasteiger partial charge in [-0.25, -0.2) is 4.98 Å². The van der Waals surface area contributed by atoms with Gasteiger partial charge in [-0.05, 0) is 55.5 Å². The predicted molar refractivity (Wildman–Crippen MR) is 114 cm³/mol. The fourth-order valence-electron chi connectivity index (χ4n) is 2.66. The molecule has 0 saturated heterocycles. The number of nitrogens with zero attached hydrogens (tertiary/aromatic N) is 1. The van der Waals surface area contributed by atoms with Crippen LogP contribution in [0.4, 0.5) is 5.69 Å². The summed E-state index contributed by atoms with van der Waals surface area (Å²) in [6, 6.07) is 14.0. The predicted octanol–water partition coefficient (Wildman–Crippen LogP) is 4.96. The van der Waals surface area contributed by atoms with Crippen LogP contribution in [-0.4, -0.2) is 16.8 Å². The van der Waals surface area contributed by atoms with E-state index in [-0.39, 0.29) is 17.6 Å². The molecule has 0 radical (unpaired) electrons. The summed E-state index contributed by atoms with van der Waals surface area (Å²) in [7, 11) is 0. The van der Waals surface area contributed by atoms with Gasteiger partial charge in [0.15, 0.2) is 5.76 Å². The number of carbonyl (C=O) groups is 2. The van der Waals surface area contributed by atoms with Gasteiger partial charge in [-0.3, -0.25) is 9.59 Å². The molecule has 146 valence electrons. The van der Waals surface area contributed by atoms with Crippen molar-refractivity contribution in [2.75, 3.05) is 5.32 Å². The maximum atomic E-state index is 12.4. The molecule has 3 aromatic heterocycles. The summed E-state index contributed by atoms with van der Waals surface area (Å²) in [6.45, 7) is 2.43. The van der Waals surface area contributed by atoms with E-state index in [0.717, 1.165) is 20.5 Å². The Labute approximate surface area is 175 Å². The Hall–Kier alpha value is -3.23. The topological polar surface area (TPSA) is 84.2 Å². The van der Waals surface area contributed by atoms with Gasteiger partial charge < -0.3 is 15.1 Å². The molecule has 8 heteroatoms. The van der Waals surface area contributed by atoms with Gasteiger partial charge in [-0.1, -0.05) is 0 Å². The fraction of sp³-hybridized carbons (Fsp3) is 0.0952. The number of hydrogen-bond donors (Lipinski definition) is 2. The molecular weight excluding hydrogens is 406 g/mol. The minimum absolute atomic E-state index is 0.173. The highest BCUT2D eigenvalue weighted by atomic mass is 32.1. The Morgan fingerprint density at radius 2 is 1.90 bits per heavy atom. The molecule has 0 aliphatic heterocycles. The number of thiazole rings is 1. The number of anilines is 1. The average molecular weight is 424 g/mol. The first-order chi connectivity index (χ1) is 14.1. The molecule has 0 aliphatic carbocycles. The van der Waals surface area contributed by atoms with Crippen molar-refractivity contribution in [1.82, 2.24) is 10.3 Å². The van der Waals surface area contributed by atoms with Crippen LogP contribution in [0, 0.1) is 6.92 Å². The van der Waals surface area contributed by atoms with Gasteiger partial charge >= 0.3 is 0 Å². The van der Waals surface area contributed by atoms with E-state index in [9.17, 15) is 9.59 Å². The number of furan rings is 1. The van der Waals surface area contributed by atoms with Gasteiger partial charge in [0, 0.05) is 21.5 Å². The Kier molecular flexibility index (Phi) is 5.55. The van der Waals surface area contributed by atoms with Crippen LogP contribution >= 0.6 is 22.7 Å². The summed E-state index contributed by atoms with van der Waals surface area (Å²) in [4.78, 5) is 31.0. The van der Waals surface area contributed by atoms with Gasteiger partial charge in [0.25, 0.3) is 11.8 Å². The van der Waals surface area contributed by atoms with Gasteiger partial charge in [0.1, 0.15) is 0 Å². The summed E-state index contributed by atoms with van der Waals surface area (Å²) in [6.07, 6.45) is 1.44. The normalized spacial score (nSPS) is 10.7. The van der Waals surface area contributed by atoms with Gasteiger partial charge in [-0.2, -0.15) is 0 Å². The standard InChI is InChI=1S/C21H17N3O3S2/c1-13-23-17(12-28-13)19-9-8-16(29-19)11-22-20(25)14-4-6-15(7-5-14)24-21(26)18-3-2-10-27-18/h2-10,12H,11H2,1H3,(H,22,25)(H,24,26). The van der Waals surface area contributed by atoms with E-state index >= 15 is 0 Å². The van der Waals surface area contributed by atoms with E-state index < -0.39 is 0 Å². The van der Waals surface area contributed by atoms with Gasteiger partial charge in [0.05, 0.1) is 28.4 Å². The lowest BCUT2D eigenvalue weighted by Gasteiger charge is -2.06. The van der Waals surface area contributed by atoms with Crippen LogP contribution < -0.4 is 10.6 Å². The molecule has 29 heavy (non-hydrogen) atoms. The monoisotopic (exact) mass is 423 g/mol. The average Bonchev–Trinajstić information content (AvgIpc) is 3.48. The summed E-state index contributed by atoms with van der Waals surface area (Å²) in [5.41, 5.74) is 2.08. The zero-order valence-corrected chi connectivity index (χ0v) is 17.1. The third-order valence-electron chi connectivity index (χ3n) is 4.11. The highest BCUT2D eigenvalue weighted by Crippen LogP contribution is 2.29. The largest absolute Gasteiger partial charge is 0.459 e. The van der Waals surface area contributed by atoms with E-state index in [1.807, 2.05) is 24.4 Å². The number of hydrogen-bond acceptors (Lipinski definition) is 6. The zero-order valence-electron chi connectivity index (χ0n) is 15.5. The van der Waals surface area contributed by atoms with E-state index in [2.05, 4.69) is 15.6 Å². The van der Waals surface area contributed by atoms with Crippen molar-refractivity contribution in [2.45, 2.75) is 13.5 Å². The van der Waals surface area contributed by atoms with E-state index in [1.165, 1.54) is 6.26 Å². The quantitative estimate of drug-likeness (QED) is 0.459. The minimum Gasteiger partial charge on any atom is -0.459 e. The lowest BCUT2D eigenvalue weighted by molar-refractivity contribution is 0.0950. The zero-order chi connectivity index (χ0) is 20.2. The molecule has 0 saturated carbocycles. The summed E-state index contributed by atoms with van der Waals surface area (Å²) in [5, 5.41) is 8.71. The molecule has 0 unspecified atom stereocenters. The number of benzene rings is 1. The molecule has 2 N–H and O–H groups in total. The smallest absolute Gasteiger partial charge is 0.291 e. The number of aromatic nitrogens is 1. The lowest BCUT2D eigenvalue weighted by atomic mass is 10.2. The third kappa shape index (κ3) is 4.61. The molecule has 3 heterocycles. The third-order valence-corrected chi connectivity index (χ3v) is 5.99. The van der Waals surface area contributed by atoms with E-state index in [4.69, 9.17) is 4.42 Å². The molecule has 1 aromatic carbocycles. The first-order valence-electron chi connectivity index (χ1n) is 8.83. The number of rotatable bonds is 6. The van der Waals surface area contributed by atoms with Gasteiger partial charge in [0.2, 0.25) is 0 Å². The van der Waals surface area contributed by atoms with Crippen molar-refractivity contribution in [3.8, 4) is 10.6 Å². The maximum absolute atomic E-state index is 12.4.